The Hall–Kier alpha value is -1.07. The SMILES string of the molecule is NC(=O)OC[C@@H](O)C1C=CCO1. The number of hydrogen-bond donors (Lipinski definition) is 2. The molecule has 0 spiro atoms. The van der Waals surface area contributed by atoms with Crippen molar-refractivity contribution in [2.24, 2.45) is 5.73 Å². The minimum atomic E-state index is -0.893. The lowest BCUT2D eigenvalue weighted by Crippen LogP contribution is -2.31. The van der Waals surface area contributed by atoms with Gasteiger partial charge in [0.15, 0.2) is 0 Å². The minimum Gasteiger partial charge on any atom is -0.447 e. The average Bonchev–Trinajstić information content (AvgIpc) is 2.51. The highest BCUT2D eigenvalue weighted by Gasteiger charge is 2.20. The third kappa shape index (κ3) is 2.52. The standard InChI is InChI=1S/C7H11NO4/c8-7(10)12-4-5(9)6-2-1-3-11-6/h1-2,5-6,9H,3-4H2,(H2,8,10)/t5-,6?/m1/s1. The quantitative estimate of drug-likeness (QED) is 0.558. The van der Waals surface area contributed by atoms with E-state index in [-0.39, 0.29) is 12.7 Å². The van der Waals surface area contributed by atoms with Gasteiger partial charge in [-0.15, -0.1) is 0 Å². The number of hydrogen-bond acceptors (Lipinski definition) is 4. The maximum absolute atomic E-state index is 10.1. The van der Waals surface area contributed by atoms with Crippen LogP contribution >= 0.6 is 0 Å². The topological polar surface area (TPSA) is 81.8 Å². The molecular weight excluding hydrogens is 162 g/mol. The van der Waals surface area contributed by atoms with Crippen LogP contribution in [-0.2, 0) is 9.47 Å². The second-order valence-corrected chi connectivity index (χ2v) is 2.42. The van der Waals surface area contributed by atoms with Crippen LogP contribution in [0.25, 0.3) is 0 Å². The van der Waals surface area contributed by atoms with Crippen molar-refractivity contribution in [3.63, 3.8) is 0 Å². The van der Waals surface area contributed by atoms with Crippen LogP contribution in [0.2, 0.25) is 0 Å². The van der Waals surface area contributed by atoms with Crippen molar-refractivity contribution in [3.8, 4) is 0 Å². The molecule has 1 aliphatic rings. The van der Waals surface area contributed by atoms with Crippen LogP contribution in [0, 0.1) is 0 Å². The number of carbonyl (C=O) groups excluding carboxylic acids is 1. The van der Waals surface area contributed by atoms with Gasteiger partial charge in [0.05, 0.1) is 6.61 Å². The van der Waals surface area contributed by atoms with Crippen LogP contribution < -0.4 is 5.73 Å². The molecule has 3 N–H and O–H groups in total. The number of rotatable bonds is 3. The fraction of sp³-hybridized carbons (Fsp3) is 0.571. The highest BCUT2D eigenvalue weighted by Crippen LogP contribution is 2.08. The van der Waals surface area contributed by atoms with Crippen molar-refractivity contribution in [2.45, 2.75) is 12.2 Å². The molecule has 68 valence electrons. The lowest BCUT2D eigenvalue weighted by Gasteiger charge is -2.15. The zero-order valence-electron chi connectivity index (χ0n) is 6.47. The van der Waals surface area contributed by atoms with Crippen molar-refractivity contribution < 1.29 is 19.4 Å². The Morgan fingerprint density at radius 3 is 3.17 bits per heavy atom. The summed E-state index contributed by atoms with van der Waals surface area (Å²) in [4.78, 5) is 10.1. The first-order chi connectivity index (χ1) is 5.70. The number of primary amides is 1. The number of nitrogens with two attached hydrogens (primary N) is 1. The summed E-state index contributed by atoms with van der Waals surface area (Å²) in [5.74, 6) is 0. The Kier molecular flexibility index (Phi) is 3.07. The fourth-order valence-corrected chi connectivity index (χ4v) is 0.914. The van der Waals surface area contributed by atoms with E-state index in [2.05, 4.69) is 4.74 Å². The molecule has 0 aromatic carbocycles. The van der Waals surface area contributed by atoms with Gasteiger partial charge < -0.3 is 20.3 Å². The number of aliphatic hydroxyl groups excluding tert-OH is 1. The predicted octanol–water partition coefficient (Wildman–Crippen LogP) is -0.602. The van der Waals surface area contributed by atoms with E-state index in [1.807, 2.05) is 0 Å². The van der Waals surface area contributed by atoms with Crippen molar-refractivity contribution in [2.75, 3.05) is 13.2 Å². The van der Waals surface area contributed by atoms with Crippen molar-refractivity contribution in [1.82, 2.24) is 0 Å². The summed E-state index contributed by atoms with van der Waals surface area (Å²) in [7, 11) is 0. The molecule has 0 aliphatic carbocycles. The molecule has 1 heterocycles. The highest BCUT2D eigenvalue weighted by atomic mass is 16.6. The number of carbonyl (C=O) groups is 1. The summed E-state index contributed by atoms with van der Waals surface area (Å²) < 4.78 is 9.44. The Balaban J connectivity index is 2.23. The fourth-order valence-electron chi connectivity index (χ4n) is 0.914. The highest BCUT2D eigenvalue weighted by molar-refractivity contribution is 5.64. The van der Waals surface area contributed by atoms with Gasteiger partial charge in [-0.3, -0.25) is 0 Å². The molecule has 0 aromatic heterocycles. The smallest absolute Gasteiger partial charge is 0.404 e. The first kappa shape index (κ1) is 9.02. The third-order valence-corrected chi connectivity index (χ3v) is 1.49. The molecule has 1 amide bonds. The third-order valence-electron chi connectivity index (χ3n) is 1.49. The summed E-state index contributed by atoms with van der Waals surface area (Å²) >= 11 is 0. The average molecular weight is 173 g/mol. The predicted molar refractivity (Wildman–Crippen MR) is 40.4 cm³/mol. The number of aliphatic hydroxyl groups is 1. The molecule has 0 saturated carbocycles. The summed E-state index contributed by atoms with van der Waals surface area (Å²) in [5.41, 5.74) is 4.71. The molecule has 0 bridgehead atoms. The van der Waals surface area contributed by atoms with Gasteiger partial charge in [0.25, 0.3) is 0 Å². The zero-order valence-corrected chi connectivity index (χ0v) is 6.47. The van der Waals surface area contributed by atoms with E-state index in [0.717, 1.165) is 0 Å². The lowest BCUT2D eigenvalue weighted by atomic mass is 10.2. The van der Waals surface area contributed by atoms with Gasteiger partial charge in [-0.1, -0.05) is 12.2 Å². The van der Waals surface area contributed by atoms with Crippen molar-refractivity contribution in [3.05, 3.63) is 12.2 Å². The number of amides is 1. The Labute approximate surface area is 69.8 Å². The molecule has 1 unspecified atom stereocenters. The normalized spacial score (nSPS) is 23.9. The maximum Gasteiger partial charge on any atom is 0.404 e. The van der Waals surface area contributed by atoms with Crippen LogP contribution in [0.15, 0.2) is 12.2 Å². The summed E-state index contributed by atoms with van der Waals surface area (Å²) in [6.45, 7) is 0.350. The molecule has 2 atom stereocenters. The van der Waals surface area contributed by atoms with Gasteiger partial charge >= 0.3 is 6.09 Å². The van der Waals surface area contributed by atoms with Gasteiger partial charge in [0.2, 0.25) is 0 Å². The molecule has 0 radical (unpaired) electrons. The van der Waals surface area contributed by atoms with E-state index < -0.39 is 12.2 Å². The molecular formula is C7H11NO4. The van der Waals surface area contributed by atoms with E-state index in [9.17, 15) is 9.90 Å². The largest absolute Gasteiger partial charge is 0.447 e. The minimum absolute atomic E-state index is 0.135. The molecule has 5 heteroatoms. The monoisotopic (exact) mass is 173 g/mol. The van der Waals surface area contributed by atoms with Crippen LogP contribution in [-0.4, -0.2) is 36.6 Å². The van der Waals surface area contributed by atoms with Gasteiger partial charge in [-0.05, 0) is 0 Å². The summed E-state index contributed by atoms with van der Waals surface area (Å²) in [6, 6.07) is 0. The van der Waals surface area contributed by atoms with Gasteiger partial charge in [-0.2, -0.15) is 0 Å². The molecule has 0 saturated heterocycles. The van der Waals surface area contributed by atoms with Crippen molar-refractivity contribution >= 4 is 6.09 Å². The maximum atomic E-state index is 10.1. The van der Waals surface area contributed by atoms with Crippen LogP contribution in [0.1, 0.15) is 0 Å². The number of ether oxygens (including phenoxy) is 2. The molecule has 0 aromatic rings. The second-order valence-electron chi connectivity index (χ2n) is 2.42. The Morgan fingerprint density at radius 1 is 1.92 bits per heavy atom. The van der Waals surface area contributed by atoms with Crippen LogP contribution in [0.5, 0.6) is 0 Å². The van der Waals surface area contributed by atoms with Gasteiger partial charge in [0, 0.05) is 0 Å². The molecule has 5 nitrogen and oxygen atoms in total. The lowest BCUT2D eigenvalue weighted by molar-refractivity contribution is -0.0189. The first-order valence-corrected chi connectivity index (χ1v) is 3.58. The van der Waals surface area contributed by atoms with Crippen LogP contribution in [0.3, 0.4) is 0 Å². The Morgan fingerprint density at radius 2 is 2.67 bits per heavy atom. The van der Waals surface area contributed by atoms with E-state index in [1.165, 1.54) is 0 Å². The van der Waals surface area contributed by atoms with E-state index >= 15 is 0 Å². The Bertz CT molecular complexity index is 192. The van der Waals surface area contributed by atoms with E-state index in [0.29, 0.717) is 6.61 Å². The molecule has 0 fully saturated rings. The van der Waals surface area contributed by atoms with E-state index in [4.69, 9.17) is 10.5 Å². The second kappa shape index (κ2) is 4.08. The summed E-state index contributed by atoms with van der Waals surface area (Å²) in [5, 5.41) is 9.29. The van der Waals surface area contributed by atoms with Gasteiger partial charge in [0.1, 0.15) is 18.8 Å². The van der Waals surface area contributed by atoms with Gasteiger partial charge in [-0.25, -0.2) is 4.79 Å². The first-order valence-electron chi connectivity index (χ1n) is 3.58. The molecule has 12 heavy (non-hydrogen) atoms. The molecule has 1 aliphatic heterocycles. The van der Waals surface area contributed by atoms with Crippen LogP contribution in [0.4, 0.5) is 4.79 Å². The van der Waals surface area contributed by atoms with Crippen molar-refractivity contribution in [1.29, 1.82) is 0 Å². The van der Waals surface area contributed by atoms with E-state index in [1.54, 1.807) is 12.2 Å². The zero-order chi connectivity index (χ0) is 8.97. The summed E-state index contributed by atoms with van der Waals surface area (Å²) in [6.07, 6.45) is 1.39. The molecule has 1 rings (SSSR count).